The van der Waals surface area contributed by atoms with Gasteiger partial charge < -0.3 is 5.32 Å². The van der Waals surface area contributed by atoms with E-state index in [1.807, 2.05) is 7.05 Å². The summed E-state index contributed by atoms with van der Waals surface area (Å²) in [7, 11) is -5.29. The molecule has 7 nitrogen and oxygen atoms in total. The summed E-state index contributed by atoms with van der Waals surface area (Å²) in [6.45, 7) is 1.99. The monoisotopic (exact) mass is 423 g/mol. The second-order valence-corrected chi connectivity index (χ2v) is 10.4. The lowest BCUT2D eigenvalue weighted by atomic mass is 10.1. The van der Waals surface area contributed by atoms with Crippen molar-refractivity contribution in [3.63, 3.8) is 0 Å². The lowest BCUT2D eigenvalue weighted by Gasteiger charge is -2.31. The third kappa shape index (κ3) is 4.23. The first-order chi connectivity index (χ1) is 11.9. The van der Waals surface area contributed by atoms with Gasteiger partial charge in [-0.25, -0.2) is 16.8 Å². The smallest absolute Gasteiger partial charge is 0.243 e. The van der Waals surface area contributed by atoms with Crippen LogP contribution in [0.3, 0.4) is 0 Å². The van der Waals surface area contributed by atoms with Gasteiger partial charge in [-0.05, 0) is 57.0 Å². The summed E-state index contributed by atoms with van der Waals surface area (Å²) in [4.78, 5) is 0.296. The molecule has 3 rings (SSSR count). The van der Waals surface area contributed by atoms with Gasteiger partial charge in [0.05, 0.1) is 9.79 Å². The molecule has 2 aliphatic heterocycles. The zero-order valence-electron chi connectivity index (χ0n) is 14.8. The zero-order chi connectivity index (χ0) is 18.1. The molecule has 0 saturated carbocycles. The minimum absolute atomic E-state index is 0. The van der Waals surface area contributed by atoms with Gasteiger partial charge in [0.1, 0.15) is 0 Å². The molecule has 26 heavy (non-hydrogen) atoms. The molecule has 1 unspecified atom stereocenters. The van der Waals surface area contributed by atoms with E-state index in [1.165, 1.54) is 32.9 Å². The standard InChI is InChI=1S/C16H25N3O4S2.ClH/c1-17-14-5-4-12-19(13-14)25(22,23)16-8-6-15(7-9-16)24(20,21)18-10-2-3-11-18;/h6-9,14,17H,2-5,10-13H2,1H3;1H. The van der Waals surface area contributed by atoms with Crippen LogP contribution >= 0.6 is 12.4 Å². The van der Waals surface area contributed by atoms with Crippen LogP contribution in [0.4, 0.5) is 0 Å². The van der Waals surface area contributed by atoms with E-state index in [2.05, 4.69) is 5.32 Å². The molecule has 10 heteroatoms. The lowest BCUT2D eigenvalue weighted by Crippen LogP contribution is -2.46. The van der Waals surface area contributed by atoms with E-state index in [1.54, 1.807) is 0 Å². The summed E-state index contributed by atoms with van der Waals surface area (Å²) >= 11 is 0. The first kappa shape index (κ1) is 21.6. The molecule has 1 aromatic rings. The Morgan fingerprint density at radius 1 is 0.846 bits per heavy atom. The maximum atomic E-state index is 12.8. The van der Waals surface area contributed by atoms with Gasteiger partial charge >= 0.3 is 0 Å². The quantitative estimate of drug-likeness (QED) is 0.770. The molecule has 2 saturated heterocycles. The average molecular weight is 424 g/mol. The highest BCUT2D eigenvalue weighted by Gasteiger charge is 2.31. The van der Waals surface area contributed by atoms with Crippen molar-refractivity contribution in [2.45, 2.75) is 41.5 Å². The predicted molar refractivity (Wildman–Crippen MR) is 103 cm³/mol. The number of sulfonamides is 2. The van der Waals surface area contributed by atoms with Crippen molar-refractivity contribution in [1.29, 1.82) is 0 Å². The van der Waals surface area contributed by atoms with Gasteiger partial charge in [-0.1, -0.05) is 0 Å². The second-order valence-electron chi connectivity index (χ2n) is 6.57. The summed E-state index contributed by atoms with van der Waals surface area (Å²) in [6, 6.07) is 5.76. The number of hydrogen-bond acceptors (Lipinski definition) is 5. The number of likely N-dealkylation sites (N-methyl/N-ethyl adjacent to an activating group) is 1. The first-order valence-corrected chi connectivity index (χ1v) is 11.5. The van der Waals surface area contributed by atoms with Crippen LogP contribution in [0.1, 0.15) is 25.7 Å². The van der Waals surface area contributed by atoms with Crippen LogP contribution < -0.4 is 5.32 Å². The van der Waals surface area contributed by atoms with Crippen molar-refractivity contribution in [1.82, 2.24) is 13.9 Å². The second kappa shape index (κ2) is 8.53. The Kier molecular flexibility index (Phi) is 7.09. The molecule has 0 radical (unpaired) electrons. The number of benzene rings is 1. The predicted octanol–water partition coefficient (Wildman–Crippen LogP) is 1.27. The van der Waals surface area contributed by atoms with Crippen LogP contribution in [0.2, 0.25) is 0 Å². The molecular formula is C16H26ClN3O4S2. The van der Waals surface area contributed by atoms with Gasteiger partial charge in [0.25, 0.3) is 0 Å². The number of piperidine rings is 1. The van der Waals surface area contributed by atoms with Gasteiger partial charge in [-0.3, -0.25) is 0 Å². The lowest BCUT2D eigenvalue weighted by molar-refractivity contribution is 0.293. The fourth-order valence-corrected chi connectivity index (χ4v) is 6.45. The molecule has 2 aliphatic rings. The summed E-state index contributed by atoms with van der Waals surface area (Å²) in [5, 5.41) is 3.13. The Balaban J connectivity index is 0.00000243. The van der Waals surface area contributed by atoms with Crippen molar-refractivity contribution in [2.75, 3.05) is 33.2 Å². The Morgan fingerprint density at radius 2 is 1.31 bits per heavy atom. The Bertz CT molecular complexity index is 806. The van der Waals surface area contributed by atoms with Crippen molar-refractivity contribution in [3.05, 3.63) is 24.3 Å². The molecule has 0 spiro atoms. The van der Waals surface area contributed by atoms with Gasteiger partial charge in [0, 0.05) is 32.2 Å². The minimum atomic E-state index is -3.60. The fourth-order valence-electron chi connectivity index (χ4n) is 3.41. The van der Waals surface area contributed by atoms with E-state index in [0.717, 1.165) is 25.7 Å². The van der Waals surface area contributed by atoms with Crippen LogP contribution in [0, 0.1) is 0 Å². The molecule has 1 N–H and O–H groups in total. The summed E-state index contributed by atoms with van der Waals surface area (Å²) in [5.74, 6) is 0. The van der Waals surface area contributed by atoms with Crippen molar-refractivity contribution >= 4 is 32.5 Å². The van der Waals surface area contributed by atoms with E-state index < -0.39 is 20.0 Å². The molecule has 0 bridgehead atoms. The molecule has 0 aromatic heterocycles. The zero-order valence-corrected chi connectivity index (χ0v) is 17.2. The van der Waals surface area contributed by atoms with Gasteiger partial charge in [-0.15, -0.1) is 12.4 Å². The van der Waals surface area contributed by atoms with Crippen LogP contribution in [0.5, 0.6) is 0 Å². The maximum absolute atomic E-state index is 12.8. The topological polar surface area (TPSA) is 86.8 Å². The average Bonchev–Trinajstić information content (AvgIpc) is 3.17. The third-order valence-corrected chi connectivity index (χ3v) is 8.75. The SMILES string of the molecule is CNC1CCCN(S(=O)(=O)c2ccc(S(=O)(=O)N3CCCC3)cc2)C1.Cl. The molecule has 2 fully saturated rings. The van der Waals surface area contributed by atoms with Crippen LogP contribution in [0.25, 0.3) is 0 Å². The fraction of sp³-hybridized carbons (Fsp3) is 0.625. The highest BCUT2D eigenvalue weighted by molar-refractivity contribution is 7.89. The Morgan fingerprint density at radius 3 is 1.81 bits per heavy atom. The summed E-state index contributed by atoms with van der Waals surface area (Å²) in [5.41, 5.74) is 0. The van der Waals surface area contributed by atoms with Crippen molar-refractivity contribution in [3.8, 4) is 0 Å². The van der Waals surface area contributed by atoms with E-state index in [-0.39, 0.29) is 28.2 Å². The number of rotatable bonds is 5. The molecule has 0 aliphatic carbocycles. The maximum Gasteiger partial charge on any atom is 0.243 e. The molecule has 1 atom stereocenters. The van der Waals surface area contributed by atoms with Crippen LogP contribution in [-0.4, -0.2) is 64.7 Å². The largest absolute Gasteiger partial charge is 0.316 e. The molecular weight excluding hydrogens is 398 g/mol. The van der Waals surface area contributed by atoms with Gasteiger partial charge in [0.2, 0.25) is 20.0 Å². The minimum Gasteiger partial charge on any atom is -0.316 e. The van der Waals surface area contributed by atoms with E-state index in [0.29, 0.717) is 26.2 Å². The van der Waals surface area contributed by atoms with E-state index in [4.69, 9.17) is 0 Å². The highest BCUT2D eigenvalue weighted by Crippen LogP contribution is 2.25. The highest BCUT2D eigenvalue weighted by atomic mass is 35.5. The molecule has 148 valence electrons. The van der Waals surface area contributed by atoms with Gasteiger partial charge in [0.15, 0.2) is 0 Å². The van der Waals surface area contributed by atoms with E-state index >= 15 is 0 Å². The van der Waals surface area contributed by atoms with Gasteiger partial charge in [-0.2, -0.15) is 8.61 Å². The Labute approximate surface area is 162 Å². The summed E-state index contributed by atoms with van der Waals surface area (Å²) in [6.07, 6.45) is 3.50. The number of nitrogens with zero attached hydrogens (tertiary/aromatic N) is 2. The number of halogens is 1. The Hall–Kier alpha value is -0.710. The van der Waals surface area contributed by atoms with Crippen LogP contribution in [-0.2, 0) is 20.0 Å². The molecule has 0 amide bonds. The van der Waals surface area contributed by atoms with E-state index in [9.17, 15) is 16.8 Å². The summed E-state index contributed by atoms with van der Waals surface area (Å²) < 4.78 is 53.6. The molecule has 1 aromatic carbocycles. The number of hydrogen-bond donors (Lipinski definition) is 1. The third-order valence-electron chi connectivity index (χ3n) is 4.96. The van der Waals surface area contributed by atoms with Crippen molar-refractivity contribution < 1.29 is 16.8 Å². The van der Waals surface area contributed by atoms with Crippen molar-refractivity contribution in [2.24, 2.45) is 0 Å². The first-order valence-electron chi connectivity index (χ1n) is 8.63. The molecule has 2 heterocycles. The van der Waals surface area contributed by atoms with Crippen LogP contribution in [0.15, 0.2) is 34.1 Å². The normalized spacial score (nSPS) is 22.9. The number of nitrogens with one attached hydrogen (secondary N) is 1.